The summed E-state index contributed by atoms with van der Waals surface area (Å²) in [5, 5.41) is 27.4. The van der Waals surface area contributed by atoms with Gasteiger partial charge in [-0.25, -0.2) is 23.4 Å². The molecule has 0 spiro atoms. The van der Waals surface area contributed by atoms with E-state index in [1.807, 2.05) is 0 Å². The molecule has 0 radical (unpaired) electrons. The number of thiazole rings is 2. The molecule has 4 aromatic heterocycles. The number of hydrogen-bond acceptors (Lipinski definition) is 13. The number of aliphatic hydroxyl groups is 2. The fourth-order valence-electron chi connectivity index (χ4n) is 4.82. The van der Waals surface area contributed by atoms with Crippen LogP contribution in [0.15, 0.2) is 16.6 Å². The second kappa shape index (κ2) is 11.3. The largest absolute Gasteiger partial charge is 0.405 e. The van der Waals surface area contributed by atoms with E-state index in [1.165, 1.54) is 11.3 Å². The van der Waals surface area contributed by atoms with Gasteiger partial charge in [-0.3, -0.25) is 4.98 Å². The van der Waals surface area contributed by atoms with Gasteiger partial charge < -0.3 is 20.8 Å². The number of aliphatic hydroxyl groups excluding tert-OH is 2. The van der Waals surface area contributed by atoms with Gasteiger partial charge in [0.2, 0.25) is 20.1 Å². The molecule has 0 unspecified atom stereocenters. The first-order valence-electron chi connectivity index (χ1n) is 12.8. The smallest absolute Gasteiger partial charge is 0.390 e. The third-order valence-corrected chi connectivity index (χ3v) is 11.5. The molecular formula is C25H28F3N7O4S3. The summed E-state index contributed by atoms with van der Waals surface area (Å²) in [4.78, 5) is 22.3. The van der Waals surface area contributed by atoms with Gasteiger partial charge in [-0.05, 0) is 40.2 Å². The summed E-state index contributed by atoms with van der Waals surface area (Å²) in [6.45, 7) is 5.52. The first kappa shape index (κ1) is 30.5. The number of aromatic nitrogens is 5. The van der Waals surface area contributed by atoms with Crippen LogP contribution >= 0.6 is 22.7 Å². The third kappa shape index (κ3) is 6.20. The van der Waals surface area contributed by atoms with Crippen molar-refractivity contribution in [3.63, 3.8) is 0 Å². The Morgan fingerprint density at radius 2 is 1.74 bits per heavy atom. The number of nitrogens with one attached hydrogen (secondary N) is 2. The molecule has 0 aliphatic heterocycles. The fourth-order valence-corrected chi connectivity index (χ4v) is 8.97. The predicted molar refractivity (Wildman–Crippen MR) is 154 cm³/mol. The highest BCUT2D eigenvalue weighted by atomic mass is 32.2. The second-order valence-corrected chi connectivity index (χ2v) is 14.7. The minimum absolute atomic E-state index is 0.0432. The average molecular weight is 644 g/mol. The van der Waals surface area contributed by atoms with E-state index in [4.69, 9.17) is 0 Å². The highest BCUT2D eigenvalue weighted by Gasteiger charge is 2.44. The Morgan fingerprint density at radius 3 is 2.38 bits per heavy atom. The minimum Gasteiger partial charge on any atom is -0.390 e. The number of halogens is 3. The molecule has 226 valence electrons. The van der Waals surface area contributed by atoms with Crippen molar-refractivity contribution >= 4 is 54.5 Å². The number of alkyl halides is 3. The highest BCUT2D eigenvalue weighted by molar-refractivity contribution is 7.93. The quantitative estimate of drug-likeness (QED) is 0.221. The van der Waals surface area contributed by atoms with Crippen LogP contribution in [0, 0.1) is 33.6 Å². The van der Waals surface area contributed by atoms with Crippen LogP contribution in [0.5, 0.6) is 0 Å². The van der Waals surface area contributed by atoms with Gasteiger partial charge in [0.25, 0.3) is 0 Å². The van der Waals surface area contributed by atoms with Gasteiger partial charge in [0, 0.05) is 17.0 Å². The molecule has 11 nitrogen and oxygen atoms in total. The van der Waals surface area contributed by atoms with E-state index in [0.717, 1.165) is 20.9 Å². The van der Waals surface area contributed by atoms with Gasteiger partial charge in [-0.2, -0.15) is 18.2 Å². The van der Waals surface area contributed by atoms with E-state index in [9.17, 15) is 31.8 Å². The molecule has 0 amide bonds. The molecule has 4 atom stereocenters. The van der Waals surface area contributed by atoms with Crippen molar-refractivity contribution < 1.29 is 31.8 Å². The lowest BCUT2D eigenvalue weighted by Gasteiger charge is -2.21. The monoisotopic (exact) mass is 643 g/mol. The average Bonchev–Trinajstić information content (AvgIpc) is 3.55. The van der Waals surface area contributed by atoms with Crippen LogP contribution in [-0.2, 0) is 9.84 Å². The SMILES string of the molecule is Cc1nc(S(=O)(=O)C[C@H]2C[C@@H](Nc3nc(NCC(F)(F)F)nc(C)c3-c3nc4c(C)nccc4s3)[C@H](O)[C@@H]2O)sc1C. The van der Waals surface area contributed by atoms with Gasteiger partial charge in [0.1, 0.15) is 29.0 Å². The Morgan fingerprint density at radius 1 is 1.00 bits per heavy atom. The van der Waals surface area contributed by atoms with Crippen LogP contribution in [0.2, 0.25) is 0 Å². The molecule has 1 aliphatic carbocycles. The van der Waals surface area contributed by atoms with Crippen LogP contribution in [0.1, 0.15) is 28.4 Å². The summed E-state index contributed by atoms with van der Waals surface area (Å²) in [6, 6.07) is 0.917. The van der Waals surface area contributed by atoms with Crippen LogP contribution in [-0.4, -0.2) is 80.3 Å². The summed E-state index contributed by atoms with van der Waals surface area (Å²) in [5.41, 5.74) is 2.67. The molecule has 1 aliphatic rings. The number of nitrogens with zero attached hydrogens (tertiary/aromatic N) is 5. The van der Waals surface area contributed by atoms with Crippen molar-refractivity contribution in [2.45, 2.75) is 62.9 Å². The minimum atomic E-state index is -4.51. The number of sulfone groups is 1. The van der Waals surface area contributed by atoms with E-state index in [0.29, 0.717) is 33.2 Å². The molecule has 4 aromatic rings. The van der Waals surface area contributed by atoms with Crippen molar-refractivity contribution in [1.29, 1.82) is 0 Å². The first-order chi connectivity index (χ1) is 19.6. The van der Waals surface area contributed by atoms with Crippen molar-refractivity contribution in [2.75, 3.05) is 22.9 Å². The number of anilines is 2. The lowest BCUT2D eigenvalue weighted by Crippen LogP contribution is -2.36. The van der Waals surface area contributed by atoms with Gasteiger partial charge in [0.15, 0.2) is 0 Å². The maximum Gasteiger partial charge on any atom is 0.405 e. The summed E-state index contributed by atoms with van der Waals surface area (Å²) in [7, 11) is -3.85. The molecule has 4 N–H and O–H groups in total. The molecule has 0 saturated heterocycles. The number of hydrogen-bond donors (Lipinski definition) is 4. The summed E-state index contributed by atoms with van der Waals surface area (Å²) in [6.07, 6.45) is -5.60. The van der Waals surface area contributed by atoms with E-state index in [2.05, 4.69) is 35.6 Å². The standard InChI is InChI=1S/C25H28F3N7O4S3/c1-10-13(4)40-24(32-10)42(38,39)8-14-7-15(20(37)19(14)36)33-21-17(11(2)31-23(35-21)30-9-25(26,27)28)22-34-18-12(3)29-6-5-16(18)41-22/h5-6,14-15,19-20,36-37H,7-9H2,1-4H3,(H2,30,31,33,35)/t14-,15-,19-,20+/m1/s1. The van der Waals surface area contributed by atoms with Crippen LogP contribution in [0.3, 0.4) is 0 Å². The fraction of sp³-hybridized carbons (Fsp3) is 0.480. The molecule has 42 heavy (non-hydrogen) atoms. The molecule has 4 heterocycles. The maximum atomic E-state index is 13.1. The van der Waals surface area contributed by atoms with E-state index in [1.54, 1.807) is 40.0 Å². The van der Waals surface area contributed by atoms with Crippen molar-refractivity contribution in [1.82, 2.24) is 24.9 Å². The third-order valence-electron chi connectivity index (χ3n) is 7.07. The number of pyridine rings is 1. The number of fused-ring (bicyclic) bond motifs is 1. The molecule has 0 bridgehead atoms. The van der Waals surface area contributed by atoms with Crippen molar-refractivity contribution in [3.05, 3.63) is 34.2 Å². The molecular weight excluding hydrogens is 616 g/mol. The Hall–Kier alpha value is -2.99. The second-order valence-electron chi connectivity index (χ2n) is 10.2. The molecule has 1 saturated carbocycles. The van der Waals surface area contributed by atoms with Crippen LogP contribution in [0.25, 0.3) is 20.8 Å². The summed E-state index contributed by atoms with van der Waals surface area (Å²) in [5.74, 6) is -1.48. The predicted octanol–water partition coefficient (Wildman–Crippen LogP) is 3.81. The summed E-state index contributed by atoms with van der Waals surface area (Å²) < 4.78 is 65.7. The van der Waals surface area contributed by atoms with Crippen LogP contribution < -0.4 is 10.6 Å². The zero-order valence-electron chi connectivity index (χ0n) is 22.9. The molecule has 0 aromatic carbocycles. The highest BCUT2D eigenvalue weighted by Crippen LogP contribution is 2.39. The Labute approximate surface area is 247 Å². The Balaban J connectivity index is 1.47. The van der Waals surface area contributed by atoms with Gasteiger partial charge in [-0.15, -0.1) is 22.7 Å². The first-order valence-corrected chi connectivity index (χ1v) is 16.1. The van der Waals surface area contributed by atoms with Gasteiger partial charge >= 0.3 is 6.18 Å². The van der Waals surface area contributed by atoms with Gasteiger partial charge in [0.05, 0.1) is 45.2 Å². The van der Waals surface area contributed by atoms with Gasteiger partial charge in [-0.1, -0.05) is 0 Å². The number of aryl methyl sites for hydroxylation is 4. The Bertz CT molecular complexity index is 1720. The zero-order valence-corrected chi connectivity index (χ0v) is 25.3. The molecule has 1 fully saturated rings. The maximum absolute atomic E-state index is 13.1. The van der Waals surface area contributed by atoms with E-state index in [-0.39, 0.29) is 22.5 Å². The van der Waals surface area contributed by atoms with Crippen molar-refractivity contribution in [2.24, 2.45) is 5.92 Å². The molecule has 5 rings (SSSR count). The van der Waals surface area contributed by atoms with E-state index >= 15 is 0 Å². The lowest BCUT2D eigenvalue weighted by atomic mass is 10.1. The Kier molecular flexibility index (Phi) is 8.17. The topological polar surface area (TPSA) is 163 Å². The lowest BCUT2D eigenvalue weighted by molar-refractivity contribution is -0.115. The zero-order chi connectivity index (χ0) is 30.6. The molecule has 17 heteroatoms. The summed E-state index contributed by atoms with van der Waals surface area (Å²) >= 11 is 2.36. The number of rotatable bonds is 8. The van der Waals surface area contributed by atoms with Crippen LogP contribution in [0.4, 0.5) is 24.9 Å². The van der Waals surface area contributed by atoms with E-state index < -0.39 is 52.5 Å². The van der Waals surface area contributed by atoms with Crippen molar-refractivity contribution in [3.8, 4) is 10.6 Å². The normalized spacial score (nSPS) is 21.3.